The van der Waals surface area contributed by atoms with Crippen LogP contribution in [0.4, 0.5) is 0 Å². The van der Waals surface area contributed by atoms with Gasteiger partial charge in [0, 0.05) is 0 Å². The van der Waals surface area contributed by atoms with Crippen LogP contribution >= 0.6 is 11.3 Å². The number of H-pyrrole nitrogens is 1. The van der Waals surface area contributed by atoms with Gasteiger partial charge >= 0.3 is 0 Å². The molecule has 0 saturated heterocycles. The van der Waals surface area contributed by atoms with Gasteiger partial charge in [-0.25, -0.2) is 18.1 Å². The maximum atomic E-state index is 13.0. The highest BCUT2D eigenvalue weighted by molar-refractivity contribution is 7.91. The second-order valence-electron chi connectivity index (χ2n) is 5.50. The van der Waals surface area contributed by atoms with Crippen molar-refractivity contribution in [1.29, 1.82) is 0 Å². The standard InChI is InChI=1S/C15H12N4O3S2/c1-8-3-4-9(2)11(7-8)24(21,22)15-13-16-14(20)12-10(5-6-23-12)19(13)18-17-15/h3-7,18H,1-2H3. The van der Waals surface area contributed by atoms with Crippen molar-refractivity contribution in [2.45, 2.75) is 23.8 Å². The first-order chi connectivity index (χ1) is 11.4. The highest BCUT2D eigenvalue weighted by Gasteiger charge is 2.27. The molecule has 7 nitrogen and oxygen atoms in total. The van der Waals surface area contributed by atoms with E-state index in [0.717, 1.165) is 5.56 Å². The van der Waals surface area contributed by atoms with Crippen molar-refractivity contribution in [2.75, 3.05) is 0 Å². The van der Waals surface area contributed by atoms with E-state index in [2.05, 4.69) is 15.3 Å². The van der Waals surface area contributed by atoms with Crippen molar-refractivity contribution in [2.24, 2.45) is 0 Å². The Hall–Kier alpha value is -2.52. The Bertz CT molecular complexity index is 1270. The molecule has 0 amide bonds. The molecule has 0 radical (unpaired) electrons. The molecule has 0 spiro atoms. The molecule has 0 aliphatic heterocycles. The van der Waals surface area contributed by atoms with Crippen molar-refractivity contribution >= 4 is 37.0 Å². The van der Waals surface area contributed by atoms with E-state index in [9.17, 15) is 13.2 Å². The van der Waals surface area contributed by atoms with Gasteiger partial charge in [0.05, 0.1) is 10.4 Å². The van der Waals surface area contributed by atoms with Crippen LogP contribution in [0, 0.1) is 13.8 Å². The molecule has 9 heteroatoms. The van der Waals surface area contributed by atoms with Crippen molar-refractivity contribution in [1.82, 2.24) is 19.8 Å². The summed E-state index contributed by atoms with van der Waals surface area (Å²) in [5, 5.41) is 8.09. The molecule has 1 aromatic carbocycles. The van der Waals surface area contributed by atoms with E-state index in [1.165, 1.54) is 15.9 Å². The number of sulfone groups is 1. The van der Waals surface area contributed by atoms with Crippen LogP contribution in [0.1, 0.15) is 11.1 Å². The van der Waals surface area contributed by atoms with Crippen molar-refractivity contribution in [3.8, 4) is 0 Å². The minimum Gasteiger partial charge on any atom is -0.266 e. The molecule has 0 fully saturated rings. The van der Waals surface area contributed by atoms with E-state index in [0.29, 0.717) is 15.8 Å². The van der Waals surface area contributed by atoms with Crippen molar-refractivity contribution in [3.63, 3.8) is 0 Å². The largest absolute Gasteiger partial charge is 0.291 e. The number of benzene rings is 1. The molecule has 0 aliphatic rings. The van der Waals surface area contributed by atoms with E-state index in [1.54, 1.807) is 30.5 Å². The topological polar surface area (TPSA) is 97.2 Å². The molecule has 24 heavy (non-hydrogen) atoms. The quantitative estimate of drug-likeness (QED) is 0.590. The highest BCUT2D eigenvalue weighted by Crippen LogP contribution is 2.27. The summed E-state index contributed by atoms with van der Waals surface area (Å²) in [7, 11) is -3.91. The van der Waals surface area contributed by atoms with Crippen LogP contribution in [-0.2, 0) is 9.84 Å². The van der Waals surface area contributed by atoms with E-state index in [4.69, 9.17) is 0 Å². The third-order valence-electron chi connectivity index (χ3n) is 3.83. The molecule has 0 atom stereocenters. The van der Waals surface area contributed by atoms with Gasteiger partial charge in [0.2, 0.25) is 14.9 Å². The molecule has 3 aromatic heterocycles. The second-order valence-corrected chi connectivity index (χ2v) is 8.25. The smallest absolute Gasteiger partial charge is 0.266 e. The number of rotatable bonds is 2. The number of thiophene rings is 1. The molecule has 4 rings (SSSR count). The van der Waals surface area contributed by atoms with Gasteiger partial charge in [-0.05, 0) is 42.5 Å². The first-order valence-electron chi connectivity index (χ1n) is 7.06. The number of aromatic amines is 1. The van der Waals surface area contributed by atoms with E-state index < -0.39 is 15.4 Å². The van der Waals surface area contributed by atoms with Gasteiger partial charge in [-0.15, -0.1) is 16.4 Å². The van der Waals surface area contributed by atoms with Crippen LogP contribution in [0.2, 0.25) is 0 Å². The summed E-state index contributed by atoms with van der Waals surface area (Å²) in [4.78, 5) is 16.2. The summed E-state index contributed by atoms with van der Waals surface area (Å²) in [6.07, 6.45) is 0. The lowest BCUT2D eigenvalue weighted by Crippen LogP contribution is -2.11. The number of nitrogens with zero attached hydrogens (tertiary/aromatic N) is 3. The lowest BCUT2D eigenvalue weighted by molar-refractivity contribution is 0.592. The first-order valence-corrected chi connectivity index (χ1v) is 9.42. The minimum atomic E-state index is -3.91. The third-order valence-corrected chi connectivity index (χ3v) is 6.52. The lowest BCUT2D eigenvalue weighted by atomic mass is 10.2. The molecule has 3 heterocycles. The molecule has 0 unspecified atom stereocenters. The number of nitrogens with one attached hydrogen (secondary N) is 1. The maximum Gasteiger partial charge on any atom is 0.291 e. The van der Waals surface area contributed by atoms with Gasteiger partial charge in [0.1, 0.15) is 4.70 Å². The zero-order valence-electron chi connectivity index (χ0n) is 12.8. The fourth-order valence-corrected chi connectivity index (χ4v) is 4.96. The SMILES string of the molecule is Cc1ccc(C)c(S(=O)(=O)c2n[nH]n3c2nc(=O)c2sccc23)c1. The Kier molecular flexibility index (Phi) is 3.12. The third kappa shape index (κ3) is 2.01. The molecular formula is C15H12N4O3S2. The van der Waals surface area contributed by atoms with Gasteiger partial charge in [-0.1, -0.05) is 12.1 Å². The Balaban J connectivity index is 2.08. The highest BCUT2D eigenvalue weighted by atomic mass is 32.2. The van der Waals surface area contributed by atoms with Gasteiger partial charge in [-0.3, -0.25) is 4.79 Å². The van der Waals surface area contributed by atoms with E-state index in [-0.39, 0.29) is 15.6 Å². The molecule has 1 N–H and O–H groups in total. The lowest BCUT2D eigenvalue weighted by Gasteiger charge is -2.06. The van der Waals surface area contributed by atoms with Crippen LogP contribution in [-0.4, -0.2) is 28.2 Å². The molecule has 122 valence electrons. The zero-order valence-corrected chi connectivity index (χ0v) is 14.4. The summed E-state index contributed by atoms with van der Waals surface area (Å²) < 4.78 is 27.9. The second kappa shape index (κ2) is 4.99. The summed E-state index contributed by atoms with van der Waals surface area (Å²) in [6.45, 7) is 3.54. The van der Waals surface area contributed by atoms with Crippen LogP contribution in [0.3, 0.4) is 0 Å². The number of hydrogen-bond acceptors (Lipinski definition) is 6. The predicted octanol–water partition coefficient (Wildman–Crippen LogP) is 2.08. The van der Waals surface area contributed by atoms with Crippen LogP contribution in [0.25, 0.3) is 15.9 Å². The normalized spacial score (nSPS) is 12.2. The molecule has 0 saturated carbocycles. The number of hydrogen-bond donors (Lipinski definition) is 1. The maximum absolute atomic E-state index is 13.0. The fraction of sp³-hybridized carbons (Fsp3) is 0.133. The van der Waals surface area contributed by atoms with Gasteiger partial charge in [0.15, 0.2) is 5.65 Å². The van der Waals surface area contributed by atoms with E-state index >= 15 is 0 Å². The number of aromatic nitrogens is 4. The monoisotopic (exact) mass is 360 g/mol. The Morgan fingerprint density at radius 3 is 2.79 bits per heavy atom. The van der Waals surface area contributed by atoms with Gasteiger partial charge < -0.3 is 0 Å². The Morgan fingerprint density at radius 2 is 2.00 bits per heavy atom. The molecule has 0 aliphatic carbocycles. The Labute approximate surface area is 140 Å². The summed E-state index contributed by atoms with van der Waals surface area (Å²) in [5.41, 5.74) is 1.54. The first kappa shape index (κ1) is 15.0. The number of aryl methyl sites for hydroxylation is 2. The van der Waals surface area contributed by atoms with Gasteiger partial charge in [0.25, 0.3) is 5.56 Å². The van der Waals surface area contributed by atoms with Crippen LogP contribution in [0.15, 0.2) is 44.4 Å². The fourth-order valence-electron chi connectivity index (χ4n) is 2.62. The number of fused-ring (bicyclic) bond motifs is 3. The van der Waals surface area contributed by atoms with Crippen molar-refractivity contribution in [3.05, 3.63) is 51.1 Å². The summed E-state index contributed by atoms with van der Waals surface area (Å²) in [5.74, 6) is 0. The summed E-state index contributed by atoms with van der Waals surface area (Å²) >= 11 is 1.25. The van der Waals surface area contributed by atoms with Gasteiger partial charge in [-0.2, -0.15) is 4.98 Å². The summed E-state index contributed by atoms with van der Waals surface area (Å²) in [6, 6.07) is 6.90. The van der Waals surface area contributed by atoms with E-state index in [1.807, 2.05) is 13.0 Å². The van der Waals surface area contributed by atoms with Crippen molar-refractivity contribution < 1.29 is 8.42 Å². The molecule has 0 bridgehead atoms. The molecular weight excluding hydrogens is 348 g/mol. The van der Waals surface area contributed by atoms with Crippen LogP contribution < -0.4 is 5.56 Å². The average Bonchev–Trinajstić information content (AvgIpc) is 3.16. The molecule has 4 aromatic rings. The Morgan fingerprint density at radius 1 is 1.21 bits per heavy atom. The van der Waals surface area contributed by atoms with Crippen LogP contribution in [0.5, 0.6) is 0 Å². The predicted molar refractivity (Wildman–Crippen MR) is 90.4 cm³/mol. The average molecular weight is 360 g/mol. The zero-order chi connectivity index (χ0) is 17.1. The minimum absolute atomic E-state index is 0.00630.